The predicted molar refractivity (Wildman–Crippen MR) is 58.8 cm³/mol. The molecule has 2 bridgehead atoms. The van der Waals surface area contributed by atoms with Gasteiger partial charge in [0.25, 0.3) is 0 Å². The molecule has 2 saturated heterocycles. The molecule has 0 aromatic carbocycles. The van der Waals surface area contributed by atoms with Gasteiger partial charge in [-0.3, -0.25) is 9.69 Å². The van der Waals surface area contributed by atoms with Gasteiger partial charge in [0.2, 0.25) is 0 Å². The predicted octanol–water partition coefficient (Wildman–Crippen LogP) is 2.11. The molecule has 3 nitrogen and oxygen atoms in total. The number of rotatable bonds is 4. The first-order chi connectivity index (χ1) is 7.15. The maximum atomic E-state index is 11.1. The minimum Gasteiger partial charge on any atom is -0.481 e. The highest BCUT2D eigenvalue weighted by Crippen LogP contribution is 2.43. The van der Waals surface area contributed by atoms with Crippen molar-refractivity contribution in [2.75, 3.05) is 0 Å². The Morgan fingerprint density at radius 2 is 2.27 bits per heavy atom. The van der Waals surface area contributed by atoms with E-state index in [2.05, 4.69) is 18.7 Å². The fourth-order valence-corrected chi connectivity index (χ4v) is 3.55. The fraction of sp³-hybridized carbons (Fsp3) is 0.917. The van der Waals surface area contributed by atoms with Gasteiger partial charge >= 0.3 is 5.97 Å². The molecular formula is C12H21NO2. The Morgan fingerprint density at radius 1 is 1.53 bits per heavy atom. The molecule has 0 amide bonds. The summed E-state index contributed by atoms with van der Waals surface area (Å²) in [6, 6.07) is 1.45. The summed E-state index contributed by atoms with van der Waals surface area (Å²) in [5, 5.41) is 9.14. The summed E-state index contributed by atoms with van der Waals surface area (Å²) in [7, 11) is 0. The van der Waals surface area contributed by atoms with E-state index in [-0.39, 0.29) is 5.92 Å². The number of nitrogens with zero attached hydrogens (tertiary/aromatic N) is 1. The molecule has 2 heterocycles. The molecule has 0 radical (unpaired) electrons. The van der Waals surface area contributed by atoms with Crippen LogP contribution in [0.25, 0.3) is 0 Å². The molecule has 0 saturated carbocycles. The number of hydrogen-bond donors (Lipinski definition) is 1. The number of fused-ring (bicyclic) bond motifs is 2. The summed E-state index contributed by atoms with van der Waals surface area (Å²) < 4.78 is 0. The zero-order chi connectivity index (χ0) is 11.0. The van der Waals surface area contributed by atoms with Crippen LogP contribution in [0.4, 0.5) is 0 Å². The Balaban J connectivity index is 2.06. The van der Waals surface area contributed by atoms with Crippen LogP contribution in [0.3, 0.4) is 0 Å². The topological polar surface area (TPSA) is 40.5 Å². The van der Waals surface area contributed by atoms with E-state index in [0.29, 0.717) is 18.1 Å². The standard InChI is InChI=1S/C12H21NO2/c1-3-4-8(2)13-9-5-6-11(13)10(7-9)12(14)15/h8-11H,3-7H2,1-2H3,(H,14,15). The lowest BCUT2D eigenvalue weighted by Gasteiger charge is -2.29. The van der Waals surface area contributed by atoms with E-state index >= 15 is 0 Å². The van der Waals surface area contributed by atoms with Crippen LogP contribution in [0.1, 0.15) is 46.0 Å². The lowest BCUT2D eigenvalue weighted by atomic mass is 9.89. The van der Waals surface area contributed by atoms with E-state index in [0.717, 1.165) is 12.8 Å². The summed E-state index contributed by atoms with van der Waals surface area (Å²) in [5.41, 5.74) is 0. The normalized spacial score (nSPS) is 37.1. The van der Waals surface area contributed by atoms with Gasteiger partial charge in [-0.25, -0.2) is 0 Å². The van der Waals surface area contributed by atoms with Crippen molar-refractivity contribution in [1.29, 1.82) is 0 Å². The third kappa shape index (κ3) is 1.78. The van der Waals surface area contributed by atoms with Crippen molar-refractivity contribution in [2.24, 2.45) is 5.92 Å². The monoisotopic (exact) mass is 211 g/mol. The SMILES string of the molecule is CCCC(C)N1C2CCC1C(C(=O)O)C2. The Hall–Kier alpha value is -0.570. The van der Waals surface area contributed by atoms with Gasteiger partial charge in [0.15, 0.2) is 0 Å². The molecule has 86 valence electrons. The Morgan fingerprint density at radius 3 is 2.80 bits per heavy atom. The van der Waals surface area contributed by atoms with Crippen LogP contribution in [-0.2, 0) is 4.79 Å². The molecule has 4 unspecified atom stereocenters. The van der Waals surface area contributed by atoms with Gasteiger partial charge in [0.05, 0.1) is 5.92 Å². The zero-order valence-corrected chi connectivity index (χ0v) is 9.65. The fourth-order valence-electron chi connectivity index (χ4n) is 3.55. The molecule has 0 aliphatic carbocycles. The average Bonchev–Trinajstić information content (AvgIpc) is 2.74. The summed E-state index contributed by atoms with van der Waals surface area (Å²) in [5.74, 6) is -0.682. The summed E-state index contributed by atoms with van der Waals surface area (Å²) in [6.45, 7) is 4.45. The molecular weight excluding hydrogens is 190 g/mol. The molecule has 15 heavy (non-hydrogen) atoms. The number of carboxylic acids is 1. The first-order valence-corrected chi connectivity index (χ1v) is 6.15. The van der Waals surface area contributed by atoms with Gasteiger partial charge in [-0.15, -0.1) is 0 Å². The maximum Gasteiger partial charge on any atom is 0.308 e. The smallest absolute Gasteiger partial charge is 0.308 e. The molecule has 0 aromatic rings. The third-order valence-corrected chi connectivity index (χ3v) is 4.12. The van der Waals surface area contributed by atoms with Crippen LogP contribution in [-0.4, -0.2) is 34.1 Å². The third-order valence-electron chi connectivity index (χ3n) is 4.12. The molecule has 2 rings (SSSR count). The highest BCUT2D eigenvalue weighted by molar-refractivity contribution is 5.71. The largest absolute Gasteiger partial charge is 0.481 e. The van der Waals surface area contributed by atoms with Gasteiger partial charge < -0.3 is 5.11 Å². The minimum absolute atomic E-state index is 0.0944. The second-order valence-electron chi connectivity index (χ2n) is 5.06. The zero-order valence-electron chi connectivity index (χ0n) is 9.65. The van der Waals surface area contributed by atoms with Gasteiger partial charge in [0, 0.05) is 18.1 Å². The summed E-state index contributed by atoms with van der Waals surface area (Å²) >= 11 is 0. The second-order valence-corrected chi connectivity index (χ2v) is 5.06. The van der Waals surface area contributed by atoms with Crippen LogP contribution in [0, 0.1) is 5.92 Å². The Bertz CT molecular complexity index is 254. The van der Waals surface area contributed by atoms with Crippen molar-refractivity contribution >= 4 is 5.97 Å². The molecule has 2 fully saturated rings. The Kier molecular flexibility index (Phi) is 3.01. The van der Waals surface area contributed by atoms with E-state index in [1.165, 1.54) is 19.3 Å². The van der Waals surface area contributed by atoms with Gasteiger partial charge in [-0.05, 0) is 32.6 Å². The minimum atomic E-state index is -0.587. The molecule has 0 aromatic heterocycles. The van der Waals surface area contributed by atoms with Crippen LogP contribution in [0.2, 0.25) is 0 Å². The quantitative estimate of drug-likeness (QED) is 0.774. The molecule has 2 aliphatic heterocycles. The molecule has 1 N–H and O–H groups in total. The highest BCUT2D eigenvalue weighted by atomic mass is 16.4. The van der Waals surface area contributed by atoms with Crippen LogP contribution < -0.4 is 0 Å². The first kappa shape index (κ1) is 10.9. The van der Waals surface area contributed by atoms with Crippen molar-refractivity contribution in [1.82, 2.24) is 4.90 Å². The Labute approximate surface area is 91.5 Å². The first-order valence-electron chi connectivity index (χ1n) is 6.15. The second kappa shape index (κ2) is 4.12. The summed E-state index contributed by atoms with van der Waals surface area (Å²) in [6.07, 6.45) is 5.57. The van der Waals surface area contributed by atoms with E-state index in [1.54, 1.807) is 0 Å². The lowest BCUT2D eigenvalue weighted by Crippen LogP contribution is -2.39. The van der Waals surface area contributed by atoms with Crippen molar-refractivity contribution in [2.45, 2.75) is 64.1 Å². The molecule has 0 spiro atoms. The van der Waals surface area contributed by atoms with Crippen molar-refractivity contribution in [3.8, 4) is 0 Å². The van der Waals surface area contributed by atoms with Gasteiger partial charge in [-0.2, -0.15) is 0 Å². The molecule has 2 aliphatic rings. The maximum absolute atomic E-state index is 11.1. The van der Waals surface area contributed by atoms with Crippen LogP contribution in [0.5, 0.6) is 0 Å². The average molecular weight is 211 g/mol. The van der Waals surface area contributed by atoms with E-state index in [1.807, 2.05) is 0 Å². The number of hydrogen-bond acceptors (Lipinski definition) is 2. The van der Waals surface area contributed by atoms with Crippen LogP contribution >= 0.6 is 0 Å². The van der Waals surface area contributed by atoms with Crippen molar-refractivity contribution < 1.29 is 9.90 Å². The van der Waals surface area contributed by atoms with E-state index in [4.69, 9.17) is 5.11 Å². The van der Waals surface area contributed by atoms with E-state index < -0.39 is 5.97 Å². The number of carboxylic acid groups (broad SMARTS) is 1. The summed E-state index contributed by atoms with van der Waals surface area (Å²) in [4.78, 5) is 13.6. The van der Waals surface area contributed by atoms with Crippen LogP contribution in [0.15, 0.2) is 0 Å². The van der Waals surface area contributed by atoms with Crippen molar-refractivity contribution in [3.05, 3.63) is 0 Å². The van der Waals surface area contributed by atoms with Gasteiger partial charge in [-0.1, -0.05) is 13.3 Å². The van der Waals surface area contributed by atoms with Crippen molar-refractivity contribution in [3.63, 3.8) is 0 Å². The molecule has 4 atom stereocenters. The number of carbonyl (C=O) groups is 1. The van der Waals surface area contributed by atoms with Gasteiger partial charge in [0.1, 0.15) is 0 Å². The number of aliphatic carboxylic acids is 1. The van der Waals surface area contributed by atoms with E-state index in [9.17, 15) is 4.79 Å². The highest BCUT2D eigenvalue weighted by Gasteiger charge is 2.50. The lowest BCUT2D eigenvalue weighted by molar-refractivity contribution is -0.142. The molecule has 3 heteroatoms.